The minimum absolute atomic E-state index is 0.132. The van der Waals surface area contributed by atoms with E-state index < -0.39 is 17.6 Å². The standard InChI is InChI=1S/C14H9F4N3/c15-8-5-6-10-12(7-8)21(13(19)20-10)11-4-2-1-3-9(11)14(16,17)18/h1-7H,(H2,19,20). The number of para-hydroxylation sites is 1. The zero-order valence-electron chi connectivity index (χ0n) is 10.5. The van der Waals surface area contributed by atoms with Crippen molar-refractivity contribution in [2.45, 2.75) is 6.18 Å². The number of anilines is 1. The monoisotopic (exact) mass is 295 g/mol. The summed E-state index contributed by atoms with van der Waals surface area (Å²) in [5, 5.41) is 0. The zero-order valence-corrected chi connectivity index (χ0v) is 10.5. The van der Waals surface area contributed by atoms with E-state index in [0.717, 1.165) is 16.7 Å². The Hall–Kier alpha value is -2.57. The molecule has 1 aromatic heterocycles. The van der Waals surface area contributed by atoms with Gasteiger partial charge in [-0.25, -0.2) is 9.37 Å². The van der Waals surface area contributed by atoms with E-state index in [4.69, 9.17) is 5.73 Å². The molecule has 0 radical (unpaired) electrons. The van der Waals surface area contributed by atoms with Gasteiger partial charge in [-0.05, 0) is 24.3 Å². The molecule has 2 aromatic carbocycles. The molecule has 21 heavy (non-hydrogen) atoms. The number of halogens is 4. The van der Waals surface area contributed by atoms with Crippen molar-refractivity contribution >= 4 is 17.0 Å². The predicted octanol–water partition coefficient (Wildman–Crippen LogP) is 3.77. The number of hydrogen-bond acceptors (Lipinski definition) is 2. The number of benzene rings is 2. The molecule has 0 saturated heterocycles. The molecule has 1 heterocycles. The van der Waals surface area contributed by atoms with Crippen LogP contribution in [0.4, 0.5) is 23.5 Å². The Balaban J connectivity index is 2.36. The smallest absolute Gasteiger partial charge is 0.369 e. The molecule has 0 unspecified atom stereocenters. The summed E-state index contributed by atoms with van der Waals surface area (Å²) in [5.41, 5.74) is 5.17. The van der Waals surface area contributed by atoms with E-state index in [9.17, 15) is 17.6 Å². The molecule has 0 bridgehead atoms. The first-order valence-electron chi connectivity index (χ1n) is 5.98. The summed E-state index contributed by atoms with van der Waals surface area (Å²) in [7, 11) is 0. The molecular weight excluding hydrogens is 286 g/mol. The normalized spacial score (nSPS) is 12.0. The Labute approximate surface area is 116 Å². The van der Waals surface area contributed by atoms with Crippen LogP contribution in [0.1, 0.15) is 5.56 Å². The van der Waals surface area contributed by atoms with Gasteiger partial charge in [0.2, 0.25) is 5.95 Å². The molecule has 0 aliphatic heterocycles. The van der Waals surface area contributed by atoms with Crippen LogP contribution in [0.25, 0.3) is 16.7 Å². The maximum atomic E-state index is 13.4. The van der Waals surface area contributed by atoms with Crippen LogP contribution in [0.3, 0.4) is 0 Å². The Morgan fingerprint density at radius 3 is 2.48 bits per heavy atom. The maximum Gasteiger partial charge on any atom is 0.418 e. The van der Waals surface area contributed by atoms with E-state index in [0.29, 0.717) is 5.52 Å². The topological polar surface area (TPSA) is 43.8 Å². The number of alkyl halides is 3. The van der Waals surface area contributed by atoms with Gasteiger partial charge in [0.25, 0.3) is 0 Å². The fourth-order valence-corrected chi connectivity index (χ4v) is 2.23. The lowest BCUT2D eigenvalue weighted by Gasteiger charge is -2.14. The zero-order chi connectivity index (χ0) is 15.2. The van der Waals surface area contributed by atoms with Crippen molar-refractivity contribution in [3.05, 3.63) is 53.8 Å². The highest BCUT2D eigenvalue weighted by Crippen LogP contribution is 2.36. The summed E-state index contributed by atoms with van der Waals surface area (Å²) in [6.07, 6.45) is -4.55. The average Bonchev–Trinajstić information content (AvgIpc) is 2.73. The van der Waals surface area contributed by atoms with Crippen molar-refractivity contribution in [1.82, 2.24) is 9.55 Å². The van der Waals surface area contributed by atoms with Gasteiger partial charge >= 0.3 is 6.18 Å². The molecule has 2 N–H and O–H groups in total. The van der Waals surface area contributed by atoms with Crippen molar-refractivity contribution < 1.29 is 17.6 Å². The van der Waals surface area contributed by atoms with Crippen molar-refractivity contribution in [1.29, 1.82) is 0 Å². The first-order valence-corrected chi connectivity index (χ1v) is 5.98. The summed E-state index contributed by atoms with van der Waals surface area (Å²) in [4.78, 5) is 3.96. The Morgan fingerprint density at radius 1 is 1.05 bits per heavy atom. The van der Waals surface area contributed by atoms with Crippen molar-refractivity contribution in [2.75, 3.05) is 5.73 Å². The first kappa shape index (κ1) is 13.4. The van der Waals surface area contributed by atoms with E-state index in [-0.39, 0.29) is 17.2 Å². The van der Waals surface area contributed by atoms with Crippen LogP contribution in [0.2, 0.25) is 0 Å². The summed E-state index contributed by atoms with van der Waals surface area (Å²) >= 11 is 0. The van der Waals surface area contributed by atoms with Crippen molar-refractivity contribution in [3.63, 3.8) is 0 Å². The molecule has 7 heteroatoms. The minimum atomic E-state index is -4.55. The molecule has 0 atom stereocenters. The molecule has 0 aliphatic carbocycles. The number of nitrogens with zero attached hydrogens (tertiary/aromatic N) is 2. The summed E-state index contributed by atoms with van der Waals surface area (Å²) in [6.45, 7) is 0. The Kier molecular flexibility index (Phi) is 2.86. The Bertz CT molecular complexity index is 821. The van der Waals surface area contributed by atoms with Gasteiger partial charge in [0.15, 0.2) is 0 Å². The van der Waals surface area contributed by atoms with Gasteiger partial charge in [-0.2, -0.15) is 13.2 Å². The molecule has 3 aromatic rings. The summed E-state index contributed by atoms with van der Waals surface area (Å²) in [6, 6.07) is 8.59. The molecule has 0 aliphatic rings. The number of imidazole rings is 1. The lowest BCUT2D eigenvalue weighted by atomic mass is 10.1. The molecule has 3 rings (SSSR count). The van der Waals surface area contributed by atoms with Gasteiger partial charge < -0.3 is 5.73 Å². The number of aromatic nitrogens is 2. The van der Waals surface area contributed by atoms with Gasteiger partial charge in [-0.15, -0.1) is 0 Å². The van der Waals surface area contributed by atoms with Gasteiger partial charge in [-0.1, -0.05) is 12.1 Å². The fourth-order valence-electron chi connectivity index (χ4n) is 2.23. The van der Waals surface area contributed by atoms with Gasteiger partial charge in [0.05, 0.1) is 22.3 Å². The highest BCUT2D eigenvalue weighted by atomic mass is 19.4. The van der Waals surface area contributed by atoms with Crippen LogP contribution < -0.4 is 5.73 Å². The van der Waals surface area contributed by atoms with E-state index in [1.165, 1.54) is 30.3 Å². The summed E-state index contributed by atoms with van der Waals surface area (Å²) in [5.74, 6) is -0.708. The lowest BCUT2D eigenvalue weighted by molar-refractivity contribution is -0.137. The summed E-state index contributed by atoms with van der Waals surface area (Å²) < 4.78 is 53.8. The van der Waals surface area contributed by atoms with E-state index in [1.54, 1.807) is 0 Å². The van der Waals surface area contributed by atoms with Gasteiger partial charge in [0.1, 0.15) is 5.82 Å². The largest absolute Gasteiger partial charge is 0.418 e. The SMILES string of the molecule is Nc1nc2ccc(F)cc2n1-c1ccccc1C(F)(F)F. The number of hydrogen-bond donors (Lipinski definition) is 1. The molecule has 3 nitrogen and oxygen atoms in total. The third-order valence-electron chi connectivity index (χ3n) is 3.09. The second-order valence-electron chi connectivity index (χ2n) is 4.45. The van der Waals surface area contributed by atoms with Crippen LogP contribution in [-0.4, -0.2) is 9.55 Å². The van der Waals surface area contributed by atoms with Crippen LogP contribution in [0, 0.1) is 5.82 Å². The fraction of sp³-hybridized carbons (Fsp3) is 0.0714. The average molecular weight is 295 g/mol. The maximum absolute atomic E-state index is 13.4. The molecule has 0 spiro atoms. The number of fused-ring (bicyclic) bond motifs is 1. The van der Waals surface area contributed by atoms with Crippen LogP contribution >= 0.6 is 0 Å². The second kappa shape index (κ2) is 4.47. The molecule has 0 fully saturated rings. The van der Waals surface area contributed by atoms with E-state index in [2.05, 4.69) is 4.98 Å². The number of nitrogens with two attached hydrogens (primary N) is 1. The highest BCUT2D eigenvalue weighted by molar-refractivity contribution is 5.81. The molecule has 0 amide bonds. The number of rotatable bonds is 1. The van der Waals surface area contributed by atoms with Gasteiger partial charge in [0, 0.05) is 6.07 Å². The van der Waals surface area contributed by atoms with Gasteiger partial charge in [-0.3, -0.25) is 4.57 Å². The quantitative estimate of drug-likeness (QED) is 0.695. The Morgan fingerprint density at radius 2 is 1.76 bits per heavy atom. The van der Waals surface area contributed by atoms with Crippen LogP contribution in [-0.2, 0) is 6.18 Å². The minimum Gasteiger partial charge on any atom is -0.369 e. The van der Waals surface area contributed by atoms with E-state index in [1.807, 2.05) is 0 Å². The number of nitrogen functional groups attached to an aromatic ring is 1. The second-order valence-corrected chi connectivity index (χ2v) is 4.45. The van der Waals surface area contributed by atoms with Crippen molar-refractivity contribution in [3.8, 4) is 5.69 Å². The lowest BCUT2D eigenvalue weighted by Crippen LogP contribution is -2.12. The highest BCUT2D eigenvalue weighted by Gasteiger charge is 2.34. The molecular formula is C14H9F4N3. The van der Waals surface area contributed by atoms with Crippen LogP contribution in [0.15, 0.2) is 42.5 Å². The third-order valence-corrected chi connectivity index (χ3v) is 3.09. The van der Waals surface area contributed by atoms with Crippen LogP contribution in [0.5, 0.6) is 0 Å². The first-order chi connectivity index (χ1) is 9.88. The van der Waals surface area contributed by atoms with E-state index >= 15 is 0 Å². The third kappa shape index (κ3) is 2.20. The van der Waals surface area contributed by atoms with Crippen molar-refractivity contribution in [2.24, 2.45) is 0 Å². The molecule has 0 saturated carbocycles. The molecule has 108 valence electrons. The predicted molar refractivity (Wildman–Crippen MR) is 70.4 cm³/mol.